The molecule has 0 saturated heterocycles. The van der Waals surface area contributed by atoms with Crippen LogP contribution < -0.4 is 0 Å². The minimum atomic E-state index is 0.506. The predicted octanol–water partition coefficient (Wildman–Crippen LogP) is 4.56. The lowest BCUT2D eigenvalue weighted by molar-refractivity contribution is 0.131. The number of oxime groups is 2. The fourth-order valence-corrected chi connectivity index (χ4v) is 1.88. The van der Waals surface area contributed by atoms with Crippen molar-refractivity contribution >= 4 is 12.4 Å². The lowest BCUT2D eigenvalue weighted by Gasteiger charge is -1.99. The molecule has 0 aliphatic rings. The van der Waals surface area contributed by atoms with E-state index in [-0.39, 0.29) is 0 Å². The zero-order valence-electron chi connectivity index (χ0n) is 13.2. The van der Waals surface area contributed by atoms with Crippen LogP contribution in [0.4, 0.5) is 0 Å². The smallest absolute Gasteiger partial charge is 0.142 e. The Morgan fingerprint density at radius 1 is 0.652 bits per heavy atom. The third-order valence-corrected chi connectivity index (χ3v) is 3.11. The summed E-state index contributed by atoms with van der Waals surface area (Å²) in [5.74, 6) is 0. The monoisotopic (exact) mass is 310 g/mol. The zero-order valence-corrected chi connectivity index (χ0v) is 13.2. The molecule has 0 radical (unpaired) electrons. The fourth-order valence-electron chi connectivity index (χ4n) is 1.88. The molecule has 23 heavy (non-hydrogen) atoms. The number of unbranched alkanes of at least 4 members (excludes halogenated alkanes) is 2. The van der Waals surface area contributed by atoms with Crippen LogP contribution in [0.3, 0.4) is 0 Å². The van der Waals surface area contributed by atoms with Crippen molar-refractivity contribution < 1.29 is 9.68 Å². The van der Waals surface area contributed by atoms with Crippen LogP contribution in [-0.4, -0.2) is 12.4 Å². The van der Waals surface area contributed by atoms with E-state index in [2.05, 4.69) is 10.3 Å². The van der Waals surface area contributed by atoms with Gasteiger partial charge in [0.1, 0.15) is 13.2 Å². The molecule has 120 valence electrons. The maximum Gasteiger partial charge on any atom is 0.142 e. The molecule has 0 aliphatic carbocycles. The standard InChI is InChI=1S/C19H22N2O2/c1-4-10-18(11-5-1)16-22-20-14-8-3-9-15-21-23-17-19-12-6-2-7-13-19/h1-2,4-7,10-15H,3,8-9,16-17H2/b20-14+,21-15+. The van der Waals surface area contributed by atoms with Crippen molar-refractivity contribution in [2.24, 2.45) is 10.3 Å². The van der Waals surface area contributed by atoms with Crippen LogP contribution in [-0.2, 0) is 22.9 Å². The highest BCUT2D eigenvalue weighted by atomic mass is 16.6. The van der Waals surface area contributed by atoms with Crippen molar-refractivity contribution in [1.29, 1.82) is 0 Å². The van der Waals surface area contributed by atoms with Gasteiger partial charge in [-0.2, -0.15) is 0 Å². The Labute approximate surface area is 137 Å². The fraction of sp³-hybridized carbons (Fsp3) is 0.263. The summed E-state index contributed by atoms with van der Waals surface area (Å²) < 4.78 is 0. The van der Waals surface area contributed by atoms with Gasteiger partial charge in [-0.15, -0.1) is 0 Å². The van der Waals surface area contributed by atoms with Crippen molar-refractivity contribution in [3.8, 4) is 0 Å². The minimum Gasteiger partial charge on any atom is -0.391 e. The molecular weight excluding hydrogens is 288 g/mol. The summed E-state index contributed by atoms with van der Waals surface area (Å²) >= 11 is 0. The summed E-state index contributed by atoms with van der Waals surface area (Å²) in [5, 5.41) is 7.88. The van der Waals surface area contributed by atoms with E-state index >= 15 is 0 Å². The summed E-state index contributed by atoms with van der Waals surface area (Å²) in [6, 6.07) is 20.0. The van der Waals surface area contributed by atoms with Crippen LogP contribution >= 0.6 is 0 Å². The van der Waals surface area contributed by atoms with Gasteiger partial charge in [-0.25, -0.2) is 0 Å². The average molecular weight is 310 g/mol. The van der Waals surface area contributed by atoms with Gasteiger partial charge in [0.15, 0.2) is 0 Å². The summed E-state index contributed by atoms with van der Waals surface area (Å²) in [6.07, 6.45) is 6.28. The Hall–Kier alpha value is -2.62. The Morgan fingerprint density at radius 3 is 1.52 bits per heavy atom. The van der Waals surface area contributed by atoms with Crippen molar-refractivity contribution in [2.45, 2.75) is 32.5 Å². The molecular formula is C19H22N2O2. The van der Waals surface area contributed by atoms with E-state index in [1.165, 1.54) is 0 Å². The molecule has 0 saturated carbocycles. The van der Waals surface area contributed by atoms with E-state index in [1.807, 2.05) is 60.7 Å². The number of nitrogens with zero attached hydrogens (tertiary/aromatic N) is 2. The van der Waals surface area contributed by atoms with E-state index in [1.54, 1.807) is 12.4 Å². The minimum absolute atomic E-state index is 0.506. The quantitative estimate of drug-likeness (QED) is 0.367. The predicted molar refractivity (Wildman–Crippen MR) is 93.3 cm³/mol. The lowest BCUT2D eigenvalue weighted by atomic mass is 10.2. The third-order valence-electron chi connectivity index (χ3n) is 3.11. The molecule has 0 bridgehead atoms. The van der Waals surface area contributed by atoms with Crippen LogP contribution in [0.25, 0.3) is 0 Å². The van der Waals surface area contributed by atoms with Crippen molar-refractivity contribution in [3.05, 3.63) is 71.8 Å². The van der Waals surface area contributed by atoms with Crippen LogP contribution in [0, 0.1) is 0 Å². The molecule has 0 unspecified atom stereocenters. The summed E-state index contributed by atoms with van der Waals surface area (Å²) in [5.41, 5.74) is 2.24. The Kier molecular flexibility index (Phi) is 8.02. The highest BCUT2D eigenvalue weighted by Crippen LogP contribution is 2.01. The molecule has 2 aromatic rings. The SMILES string of the molecule is C(/CCC/C=N/OCc1ccccc1)=N\OCc1ccccc1. The molecule has 2 rings (SSSR count). The first-order chi connectivity index (χ1) is 11.4. The van der Waals surface area contributed by atoms with Gasteiger partial charge in [-0.3, -0.25) is 0 Å². The average Bonchev–Trinajstić information content (AvgIpc) is 2.61. The summed E-state index contributed by atoms with van der Waals surface area (Å²) in [6.45, 7) is 1.01. The van der Waals surface area contributed by atoms with Crippen molar-refractivity contribution in [2.75, 3.05) is 0 Å². The van der Waals surface area contributed by atoms with E-state index in [0.29, 0.717) is 13.2 Å². The van der Waals surface area contributed by atoms with Crippen molar-refractivity contribution in [3.63, 3.8) is 0 Å². The molecule has 0 spiro atoms. The van der Waals surface area contributed by atoms with Crippen LogP contribution in [0.5, 0.6) is 0 Å². The molecule has 2 aromatic carbocycles. The van der Waals surface area contributed by atoms with Gasteiger partial charge in [-0.05, 0) is 30.4 Å². The number of benzene rings is 2. The molecule has 0 heterocycles. The second-order valence-electron chi connectivity index (χ2n) is 5.02. The lowest BCUT2D eigenvalue weighted by Crippen LogP contribution is -1.88. The first-order valence-electron chi connectivity index (χ1n) is 7.80. The molecule has 4 heteroatoms. The Morgan fingerprint density at radius 2 is 1.09 bits per heavy atom. The highest BCUT2D eigenvalue weighted by molar-refractivity contribution is 5.59. The van der Waals surface area contributed by atoms with Crippen molar-refractivity contribution in [1.82, 2.24) is 0 Å². The molecule has 0 N–H and O–H groups in total. The zero-order chi connectivity index (χ0) is 16.0. The summed E-state index contributed by atoms with van der Waals surface area (Å²) in [4.78, 5) is 10.4. The number of hydrogen-bond donors (Lipinski definition) is 0. The number of hydrogen-bond acceptors (Lipinski definition) is 4. The van der Waals surface area contributed by atoms with Gasteiger partial charge in [0.05, 0.1) is 0 Å². The first-order valence-corrected chi connectivity index (χ1v) is 7.80. The molecule has 4 nitrogen and oxygen atoms in total. The van der Waals surface area contributed by atoms with Gasteiger partial charge in [0.25, 0.3) is 0 Å². The Balaban J connectivity index is 1.46. The maximum atomic E-state index is 5.22. The van der Waals surface area contributed by atoms with E-state index in [9.17, 15) is 0 Å². The van der Waals surface area contributed by atoms with E-state index in [4.69, 9.17) is 9.68 Å². The second kappa shape index (κ2) is 11.0. The Bertz CT molecular complexity index is 529. The normalized spacial score (nSPS) is 11.1. The largest absolute Gasteiger partial charge is 0.391 e. The van der Waals surface area contributed by atoms with Gasteiger partial charge < -0.3 is 9.68 Å². The van der Waals surface area contributed by atoms with Crippen LogP contribution in [0.1, 0.15) is 30.4 Å². The van der Waals surface area contributed by atoms with Gasteiger partial charge >= 0.3 is 0 Å². The highest BCUT2D eigenvalue weighted by Gasteiger charge is 1.90. The first kappa shape index (κ1) is 16.7. The van der Waals surface area contributed by atoms with E-state index in [0.717, 1.165) is 30.4 Å². The summed E-state index contributed by atoms with van der Waals surface area (Å²) in [7, 11) is 0. The maximum absolute atomic E-state index is 5.22. The van der Waals surface area contributed by atoms with Gasteiger partial charge in [0, 0.05) is 12.4 Å². The topological polar surface area (TPSA) is 43.2 Å². The molecule has 0 aliphatic heterocycles. The molecule has 0 amide bonds. The van der Waals surface area contributed by atoms with Gasteiger partial charge in [-0.1, -0.05) is 71.0 Å². The van der Waals surface area contributed by atoms with Crippen LogP contribution in [0.15, 0.2) is 71.0 Å². The second-order valence-corrected chi connectivity index (χ2v) is 5.02. The third kappa shape index (κ3) is 7.81. The van der Waals surface area contributed by atoms with Crippen LogP contribution in [0.2, 0.25) is 0 Å². The molecule has 0 atom stereocenters. The molecule has 0 fully saturated rings. The van der Waals surface area contributed by atoms with E-state index < -0.39 is 0 Å². The van der Waals surface area contributed by atoms with Gasteiger partial charge in [0.2, 0.25) is 0 Å². The molecule has 0 aromatic heterocycles. The number of rotatable bonds is 10.